The van der Waals surface area contributed by atoms with Crippen molar-refractivity contribution in [3.63, 3.8) is 0 Å². The lowest BCUT2D eigenvalue weighted by molar-refractivity contribution is -0.137. The molecule has 0 aliphatic carbocycles. The second kappa shape index (κ2) is 10.8. The lowest BCUT2D eigenvalue weighted by Crippen LogP contribution is -2.27. The molecule has 2 aromatic heterocycles. The van der Waals surface area contributed by atoms with Crippen molar-refractivity contribution in [2.24, 2.45) is 0 Å². The van der Waals surface area contributed by atoms with E-state index in [-0.39, 0.29) is 23.7 Å². The number of ether oxygens (including phenoxy) is 2. The van der Waals surface area contributed by atoms with E-state index in [1.807, 2.05) is 46.8 Å². The van der Waals surface area contributed by atoms with Crippen molar-refractivity contribution in [2.75, 3.05) is 13.2 Å². The second-order valence-corrected chi connectivity index (χ2v) is 8.18. The van der Waals surface area contributed by atoms with Crippen LogP contribution >= 0.6 is 0 Å². The van der Waals surface area contributed by atoms with Crippen molar-refractivity contribution in [2.45, 2.75) is 52.8 Å². The molecule has 0 saturated heterocycles. The van der Waals surface area contributed by atoms with Gasteiger partial charge in [0.2, 0.25) is 0 Å². The highest BCUT2D eigenvalue weighted by molar-refractivity contribution is 5.95. The van der Waals surface area contributed by atoms with Crippen molar-refractivity contribution in [1.29, 1.82) is 0 Å². The molecule has 2 heterocycles. The van der Waals surface area contributed by atoms with Gasteiger partial charge in [-0.3, -0.25) is 4.79 Å². The van der Waals surface area contributed by atoms with Gasteiger partial charge in [0, 0.05) is 6.20 Å². The van der Waals surface area contributed by atoms with Gasteiger partial charge in [-0.05, 0) is 56.5 Å². The Balaban J connectivity index is 1.86. The maximum Gasteiger partial charge on any atom is 0.417 e. The van der Waals surface area contributed by atoms with Crippen LogP contribution in [0.5, 0.6) is 11.5 Å². The maximum atomic E-state index is 13.2. The first kappa shape index (κ1) is 26.1. The monoisotopic (exact) mass is 490 g/mol. The fraction of sp³-hybridized carbons (Fsp3) is 0.400. The highest BCUT2D eigenvalue weighted by Gasteiger charge is 2.31. The van der Waals surface area contributed by atoms with E-state index in [9.17, 15) is 18.0 Å². The molecule has 0 saturated carbocycles. The summed E-state index contributed by atoms with van der Waals surface area (Å²) in [5.41, 5.74) is 0.842. The van der Waals surface area contributed by atoms with Crippen LogP contribution in [0, 0.1) is 0 Å². The fourth-order valence-corrected chi connectivity index (χ4v) is 3.64. The number of rotatable bonds is 9. The second-order valence-electron chi connectivity index (χ2n) is 8.18. The van der Waals surface area contributed by atoms with Crippen molar-refractivity contribution in [1.82, 2.24) is 20.1 Å². The Hall–Kier alpha value is -3.56. The molecule has 0 aliphatic rings. The number of pyridine rings is 1. The molecule has 0 fully saturated rings. The van der Waals surface area contributed by atoms with Crippen LogP contribution in [0.2, 0.25) is 0 Å². The fourth-order valence-electron chi connectivity index (χ4n) is 3.64. The minimum Gasteiger partial charge on any atom is -0.490 e. The number of nitrogens with zero attached hydrogens (tertiary/aromatic N) is 3. The van der Waals surface area contributed by atoms with E-state index in [0.29, 0.717) is 36.0 Å². The SMILES string of the molecule is CCOc1ccc(C(C)NC(=O)c2cnn(-c3ccc(C(F)(F)F)cn3)c2C(C)C)cc1OCC. The largest absolute Gasteiger partial charge is 0.490 e. The van der Waals surface area contributed by atoms with Crippen molar-refractivity contribution < 1.29 is 27.4 Å². The van der Waals surface area contributed by atoms with Crippen LogP contribution in [0.25, 0.3) is 5.82 Å². The van der Waals surface area contributed by atoms with E-state index < -0.39 is 11.7 Å². The predicted octanol–water partition coefficient (Wildman–Crippen LogP) is 5.70. The van der Waals surface area contributed by atoms with Crippen LogP contribution in [-0.4, -0.2) is 33.9 Å². The number of hydrogen-bond donors (Lipinski definition) is 1. The third kappa shape index (κ3) is 5.93. The summed E-state index contributed by atoms with van der Waals surface area (Å²) in [4.78, 5) is 17.1. The number of benzene rings is 1. The van der Waals surface area contributed by atoms with E-state index in [1.54, 1.807) is 6.07 Å². The summed E-state index contributed by atoms with van der Waals surface area (Å²) in [5.74, 6) is 0.918. The van der Waals surface area contributed by atoms with Crippen molar-refractivity contribution in [3.8, 4) is 17.3 Å². The molecule has 1 unspecified atom stereocenters. The summed E-state index contributed by atoms with van der Waals surface area (Å²) in [6.07, 6.45) is -2.33. The molecule has 0 radical (unpaired) electrons. The van der Waals surface area contributed by atoms with E-state index in [2.05, 4.69) is 15.4 Å². The Bertz CT molecular complexity index is 1160. The van der Waals surface area contributed by atoms with Gasteiger partial charge in [-0.2, -0.15) is 18.3 Å². The Kier molecular flexibility index (Phi) is 8.03. The van der Waals surface area contributed by atoms with Crippen LogP contribution in [-0.2, 0) is 6.18 Å². The maximum absolute atomic E-state index is 13.2. The van der Waals surface area contributed by atoms with Crippen molar-refractivity contribution >= 4 is 5.91 Å². The summed E-state index contributed by atoms with van der Waals surface area (Å²) in [6, 6.07) is 7.32. The van der Waals surface area contributed by atoms with Gasteiger partial charge >= 0.3 is 6.18 Å². The van der Waals surface area contributed by atoms with E-state index >= 15 is 0 Å². The Morgan fingerprint density at radius 2 is 1.71 bits per heavy atom. The minimum atomic E-state index is -4.49. The molecule has 3 rings (SSSR count). The highest BCUT2D eigenvalue weighted by atomic mass is 19.4. The van der Waals surface area contributed by atoms with Crippen LogP contribution in [0.3, 0.4) is 0 Å². The number of alkyl halides is 3. The Morgan fingerprint density at radius 3 is 2.29 bits per heavy atom. The number of amides is 1. The molecule has 7 nitrogen and oxygen atoms in total. The Labute approximate surface area is 202 Å². The third-order valence-corrected chi connectivity index (χ3v) is 5.31. The first-order chi connectivity index (χ1) is 16.6. The van der Waals surface area contributed by atoms with Gasteiger partial charge in [0.1, 0.15) is 0 Å². The molecule has 0 aliphatic heterocycles. The van der Waals surface area contributed by atoms with Gasteiger partial charge in [0.15, 0.2) is 17.3 Å². The first-order valence-corrected chi connectivity index (χ1v) is 11.4. The van der Waals surface area contributed by atoms with Gasteiger partial charge in [-0.25, -0.2) is 9.67 Å². The zero-order valence-corrected chi connectivity index (χ0v) is 20.3. The number of hydrogen-bond acceptors (Lipinski definition) is 5. The van der Waals surface area contributed by atoms with Crippen molar-refractivity contribution in [3.05, 3.63) is 65.1 Å². The molecule has 1 aromatic carbocycles. The van der Waals surface area contributed by atoms with Gasteiger partial charge in [0.25, 0.3) is 5.91 Å². The lowest BCUT2D eigenvalue weighted by Gasteiger charge is -2.18. The van der Waals surface area contributed by atoms with Gasteiger partial charge in [0.05, 0.1) is 42.3 Å². The predicted molar refractivity (Wildman–Crippen MR) is 125 cm³/mol. The van der Waals surface area contributed by atoms with Crippen LogP contribution in [0.15, 0.2) is 42.7 Å². The molecule has 1 N–H and O–H groups in total. The highest BCUT2D eigenvalue weighted by Crippen LogP contribution is 2.32. The molecule has 188 valence electrons. The summed E-state index contributed by atoms with van der Waals surface area (Å²) in [5, 5.41) is 7.21. The molecule has 35 heavy (non-hydrogen) atoms. The number of aromatic nitrogens is 3. The van der Waals surface area contributed by atoms with Gasteiger partial charge < -0.3 is 14.8 Å². The summed E-state index contributed by atoms with van der Waals surface area (Å²) in [7, 11) is 0. The van der Waals surface area contributed by atoms with E-state index in [4.69, 9.17) is 9.47 Å². The van der Waals surface area contributed by atoms with E-state index in [0.717, 1.165) is 17.8 Å². The smallest absolute Gasteiger partial charge is 0.417 e. The average Bonchev–Trinajstić information content (AvgIpc) is 3.26. The third-order valence-electron chi connectivity index (χ3n) is 5.31. The minimum absolute atomic E-state index is 0.146. The molecular formula is C25H29F3N4O3. The normalized spacial score (nSPS) is 12.5. The zero-order valence-electron chi connectivity index (χ0n) is 20.3. The van der Waals surface area contributed by atoms with Crippen LogP contribution in [0.4, 0.5) is 13.2 Å². The molecule has 10 heteroatoms. The standard InChI is InChI=1S/C25H29F3N4O3/c1-6-34-20-10-8-17(12-21(20)35-7-2)16(5)31-24(33)19-14-30-32(23(19)15(3)4)22-11-9-18(13-29-22)25(26,27)28/h8-16H,6-7H2,1-5H3,(H,31,33). The molecular weight excluding hydrogens is 461 g/mol. The van der Waals surface area contributed by atoms with Crippen LogP contribution in [0.1, 0.15) is 73.8 Å². The molecule has 3 aromatic rings. The molecule has 1 amide bonds. The average molecular weight is 491 g/mol. The summed E-state index contributed by atoms with van der Waals surface area (Å²) in [6.45, 7) is 10.3. The van der Waals surface area contributed by atoms with E-state index in [1.165, 1.54) is 16.9 Å². The zero-order chi connectivity index (χ0) is 25.8. The molecule has 0 bridgehead atoms. The van der Waals surface area contributed by atoms with Gasteiger partial charge in [-0.15, -0.1) is 0 Å². The van der Waals surface area contributed by atoms with Gasteiger partial charge in [-0.1, -0.05) is 19.9 Å². The summed E-state index contributed by atoms with van der Waals surface area (Å²) < 4.78 is 51.4. The number of carbonyl (C=O) groups is 1. The van der Waals surface area contributed by atoms with Crippen LogP contribution < -0.4 is 14.8 Å². The topological polar surface area (TPSA) is 78.3 Å². The molecule has 1 atom stereocenters. The number of carbonyl (C=O) groups excluding carboxylic acids is 1. The number of halogens is 3. The lowest BCUT2D eigenvalue weighted by atomic mass is 10.0. The first-order valence-electron chi connectivity index (χ1n) is 11.4. The summed E-state index contributed by atoms with van der Waals surface area (Å²) >= 11 is 0. The number of nitrogens with one attached hydrogen (secondary N) is 1. The Morgan fingerprint density at radius 1 is 1.03 bits per heavy atom. The quantitative estimate of drug-likeness (QED) is 0.416. The molecule has 0 spiro atoms.